The van der Waals surface area contributed by atoms with Crippen LogP contribution < -0.4 is 0 Å². The van der Waals surface area contributed by atoms with Crippen LogP contribution in [0.3, 0.4) is 0 Å². The molecule has 0 aliphatic carbocycles. The van der Waals surface area contributed by atoms with Gasteiger partial charge >= 0.3 is 5.97 Å². The predicted molar refractivity (Wildman–Crippen MR) is 82.0 cm³/mol. The van der Waals surface area contributed by atoms with Crippen molar-refractivity contribution in [2.24, 2.45) is 0 Å². The van der Waals surface area contributed by atoms with Gasteiger partial charge in [0.05, 0.1) is 5.69 Å². The average Bonchev–Trinajstić information content (AvgIpc) is 2.58. The SMILES string of the molecule is O=C(OCc1ncccc1CO[N+](=O)[O-])c1ccccc1O.O=[N+]([O-])O. The van der Waals surface area contributed by atoms with Gasteiger partial charge in [-0.15, -0.1) is 20.2 Å². The monoisotopic (exact) mass is 367 g/mol. The van der Waals surface area contributed by atoms with Gasteiger partial charge in [0.2, 0.25) is 0 Å². The Balaban J connectivity index is 0.000000765. The molecule has 0 bridgehead atoms. The van der Waals surface area contributed by atoms with Crippen LogP contribution in [0.25, 0.3) is 0 Å². The minimum Gasteiger partial charge on any atom is -0.507 e. The highest BCUT2D eigenvalue weighted by Gasteiger charge is 2.13. The summed E-state index contributed by atoms with van der Waals surface area (Å²) in [6.07, 6.45) is 1.47. The first-order valence-corrected chi connectivity index (χ1v) is 6.79. The molecule has 0 aliphatic rings. The lowest BCUT2D eigenvalue weighted by atomic mass is 10.2. The van der Waals surface area contributed by atoms with E-state index in [1.165, 1.54) is 18.3 Å². The van der Waals surface area contributed by atoms with E-state index < -0.39 is 16.1 Å². The molecule has 0 saturated heterocycles. The van der Waals surface area contributed by atoms with Gasteiger partial charge in [0.25, 0.3) is 10.2 Å². The van der Waals surface area contributed by atoms with E-state index in [1.807, 2.05) is 0 Å². The summed E-state index contributed by atoms with van der Waals surface area (Å²) in [5.74, 6) is -0.907. The largest absolute Gasteiger partial charge is 0.507 e. The molecular formula is C14H13N3O9. The Morgan fingerprint density at radius 2 is 1.77 bits per heavy atom. The number of carbonyl (C=O) groups excluding carboxylic acids is 1. The summed E-state index contributed by atoms with van der Waals surface area (Å²) in [5, 5.41) is 32.5. The number of nitrogens with zero attached hydrogens (tertiary/aromatic N) is 3. The number of ether oxygens (including phenoxy) is 1. The van der Waals surface area contributed by atoms with Gasteiger partial charge in [-0.2, -0.15) is 0 Å². The van der Waals surface area contributed by atoms with E-state index >= 15 is 0 Å². The second kappa shape index (κ2) is 10.0. The third-order valence-electron chi connectivity index (χ3n) is 2.77. The number of hydrogen-bond acceptors (Lipinski definition) is 9. The van der Waals surface area contributed by atoms with Gasteiger partial charge in [-0.3, -0.25) is 4.98 Å². The molecular weight excluding hydrogens is 354 g/mol. The number of phenolic OH excluding ortho intramolecular Hbond substituents is 1. The van der Waals surface area contributed by atoms with Gasteiger partial charge in [-0.05, 0) is 18.2 Å². The normalized spacial score (nSPS) is 9.38. The van der Waals surface area contributed by atoms with E-state index in [9.17, 15) is 20.0 Å². The molecule has 0 fully saturated rings. The molecule has 2 N–H and O–H groups in total. The van der Waals surface area contributed by atoms with Crippen molar-refractivity contribution in [3.63, 3.8) is 0 Å². The molecule has 12 heteroatoms. The maximum Gasteiger partial charge on any atom is 0.342 e. The summed E-state index contributed by atoms with van der Waals surface area (Å²) in [4.78, 5) is 38.7. The molecule has 26 heavy (non-hydrogen) atoms. The van der Waals surface area contributed by atoms with Crippen molar-refractivity contribution < 1.29 is 34.9 Å². The number of aromatic hydroxyl groups is 1. The van der Waals surface area contributed by atoms with E-state index in [4.69, 9.17) is 20.1 Å². The third-order valence-corrected chi connectivity index (χ3v) is 2.77. The lowest BCUT2D eigenvalue weighted by molar-refractivity contribution is -0.763. The van der Waals surface area contributed by atoms with E-state index in [2.05, 4.69) is 9.82 Å². The summed E-state index contributed by atoms with van der Waals surface area (Å²) in [6, 6.07) is 9.14. The Kier molecular flexibility index (Phi) is 7.74. The van der Waals surface area contributed by atoms with Crippen molar-refractivity contribution in [2.75, 3.05) is 0 Å². The van der Waals surface area contributed by atoms with Gasteiger partial charge < -0.3 is 19.9 Å². The second-order valence-corrected chi connectivity index (χ2v) is 4.44. The lowest BCUT2D eigenvalue weighted by Crippen LogP contribution is -2.09. The first kappa shape index (κ1) is 20.1. The summed E-state index contributed by atoms with van der Waals surface area (Å²) in [7, 11) is 0. The zero-order valence-electron chi connectivity index (χ0n) is 13.0. The van der Waals surface area contributed by atoms with Crippen molar-refractivity contribution in [1.82, 2.24) is 4.98 Å². The Hall–Kier alpha value is -3.96. The number of rotatable bonds is 6. The Bertz CT molecular complexity index is 778. The molecule has 0 radical (unpaired) electrons. The fourth-order valence-electron chi connectivity index (χ4n) is 1.71. The van der Waals surface area contributed by atoms with E-state index in [0.29, 0.717) is 11.3 Å². The van der Waals surface area contributed by atoms with Crippen LogP contribution in [0, 0.1) is 20.2 Å². The highest BCUT2D eigenvalue weighted by atomic mass is 16.9. The predicted octanol–water partition coefficient (Wildman–Crippen LogP) is 1.50. The van der Waals surface area contributed by atoms with E-state index in [-0.39, 0.29) is 24.5 Å². The zero-order valence-corrected chi connectivity index (χ0v) is 13.0. The number of hydrogen-bond donors (Lipinski definition) is 2. The van der Waals surface area contributed by atoms with E-state index in [1.54, 1.807) is 24.3 Å². The number of phenols is 1. The molecule has 0 atom stereocenters. The Morgan fingerprint density at radius 1 is 1.12 bits per heavy atom. The van der Waals surface area contributed by atoms with Crippen LogP contribution >= 0.6 is 0 Å². The van der Waals surface area contributed by atoms with Crippen LogP contribution in [-0.4, -0.2) is 31.4 Å². The minimum absolute atomic E-state index is 0.0292. The molecule has 12 nitrogen and oxygen atoms in total. The molecule has 138 valence electrons. The highest BCUT2D eigenvalue weighted by Crippen LogP contribution is 2.17. The Labute approximate surface area is 145 Å². The smallest absolute Gasteiger partial charge is 0.342 e. The average molecular weight is 367 g/mol. The third kappa shape index (κ3) is 7.08. The highest BCUT2D eigenvalue weighted by molar-refractivity contribution is 5.92. The molecule has 0 amide bonds. The van der Waals surface area contributed by atoms with Crippen molar-refractivity contribution in [1.29, 1.82) is 0 Å². The quantitative estimate of drug-likeness (QED) is 0.432. The van der Waals surface area contributed by atoms with Crippen molar-refractivity contribution in [2.45, 2.75) is 13.2 Å². The van der Waals surface area contributed by atoms with Crippen LogP contribution in [0.15, 0.2) is 42.6 Å². The number of esters is 1. The summed E-state index contributed by atoms with van der Waals surface area (Å²) in [5.41, 5.74) is 0.805. The topological polar surface area (TPSA) is 175 Å². The van der Waals surface area contributed by atoms with Crippen LogP contribution in [0.4, 0.5) is 0 Å². The van der Waals surface area contributed by atoms with E-state index in [0.717, 1.165) is 0 Å². The maximum atomic E-state index is 11.9. The first-order chi connectivity index (χ1) is 12.3. The molecule has 0 aliphatic heterocycles. The van der Waals surface area contributed by atoms with Gasteiger partial charge in [0.15, 0.2) is 0 Å². The molecule has 1 aromatic heterocycles. The van der Waals surface area contributed by atoms with Crippen molar-refractivity contribution in [3.05, 3.63) is 79.6 Å². The van der Waals surface area contributed by atoms with Gasteiger partial charge in [0.1, 0.15) is 24.5 Å². The summed E-state index contributed by atoms with van der Waals surface area (Å²) >= 11 is 0. The van der Waals surface area contributed by atoms with Gasteiger partial charge in [0, 0.05) is 11.8 Å². The van der Waals surface area contributed by atoms with Crippen LogP contribution in [-0.2, 0) is 22.8 Å². The molecule has 0 saturated carbocycles. The Morgan fingerprint density at radius 3 is 2.38 bits per heavy atom. The lowest BCUT2D eigenvalue weighted by Gasteiger charge is -2.09. The van der Waals surface area contributed by atoms with Crippen molar-refractivity contribution in [3.8, 4) is 5.75 Å². The number of benzene rings is 1. The number of pyridine rings is 1. The standard InChI is InChI=1S/C14H12N2O6.HNO3/c17-13-6-2-1-5-11(13)14(18)21-9-12-10(4-3-7-15-12)8-22-16(19)20;2-1(3)4/h1-7,17H,8-9H2;(H,2,3,4). The second-order valence-electron chi connectivity index (χ2n) is 4.44. The number of carbonyl (C=O) groups is 1. The van der Waals surface area contributed by atoms with Crippen molar-refractivity contribution >= 4 is 5.97 Å². The molecule has 1 heterocycles. The molecule has 2 aromatic rings. The van der Waals surface area contributed by atoms with Crippen LogP contribution in [0.1, 0.15) is 21.6 Å². The fourth-order valence-corrected chi connectivity index (χ4v) is 1.71. The summed E-state index contributed by atoms with van der Waals surface area (Å²) in [6.45, 7) is -0.477. The fraction of sp³-hybridized carbons (Fsp3) is 0.143. The maximum absolute atomic E-state index is 11.9. The zero-order chi connectivity index (χ0) is 19.5. The molecule has 0 spiro atoms. The van der Waals surface area contributed by atoms with Crippen LogP contribution in [0.5, 0.6) is 5.75 Å². The van der Waals surface area contributed by atoms with Gasteiger partial charge in [-0.25, -0.2) is 4.79 Å². The van der Waals surface area contributed by atoms with Gasteiger partial charge in [-0.1, -0.05) is 18.2 Å². The number of aromatic nitrogens is 1. The minimum atomic E-state index is -1.50. The molecule has 1 aromatic carbocycles. The van der Waals surface area contributed by atoms with Crippen LogP contribution in [0.2, 0.25) is 0 Å². The number of para-hydroxylation sites is 1. The molecule has 2 rings (SSSR count). The molecule has 0 unspecified atom stereocenters. The first-order valence-electron chi connectivity index (χ1n) is 6.79. The summed E-state index contributed by atoms with van der Waals surface area (Å²) < 4.78 is 5.06.